The number of nitrogens with zero attached hydrogens (tertiary/aromatic N) is 4. The van der Waals surface area contributed by atoms with Crippen molar-refractivity contribution in [3.63, 3.8) is 0 Å². The van der Waals surface area contributed by atoms with Crippen molar-refractivity contribution in [1.29, 1.82) is 0 Å². The molecule has 2 aliphatic rings. The summed E-state index contributed by atoms with van der Waals surface area (Å²) in [4.78, 5) is 25.6. The molecular formula is C24H26N4O2. The highest BCUT2D eigenvalue weighted by molar-refractivity contribution is 5.30. The fraction of sp³-hybridized carbons (Fsp3) is 0.417. The van der Waals surface area contributed by atoms with Crippen LogP contribution in [0.25, 0.3) is 5.69 Å². The lowest BCUT2D eigenvalue weighted by molar-refractivity contribution is 0.130. The summed E-state index contributed by atoms with van der Waals surface area (Å²) < 4.78 is 1.58. The van der Waals surface area contributed by atoms with E-state index in [2.05, 4.69) is 15.0 Å². The van der Waals surface area contributed by atoms with Gasteiger partial charge in [0.2, 0.25) is 0 Å². The molecule has 2 aliphatic carbocycles. The molecule has 154 valence electrons. The normalized spacial score (nSPS) is 23.6. The smallest absolute Gasteiger partial charge is 0.255 e. The van der Waals surface area contributed by atoms with Gasteiger partial charge in [0, 0.05) is 36.8 Å². The predicted molar refractivity (Wildman–Crippen MR) is 113 cm³/mol. The molecule has 6 heteroatoms. The van der Waals surface area contributed by atoms with E-state index in [0.717, 1.165) is 42.9 Å². The number of aliphatic hydroxyl groups excluding tert-OH is 1. The highest BCUT2D eigenvalue weighted by Gasteiger charge is 2.34. The molecule has 3 atom stereocenters. The Morgan fingerprint density at radius 1 is 0.967 bits per heavy atom. The molecule has 6 nitrogen and oxygen atoms in total. The van der Waals surface area contributed by atoms with Crippen molar-refractivity contribution in [2.75, 3.05) is 0 Å². The van der Waals surface area contributed by atoms with E-state index < -0.39 is 0 Å². The second-order valence-corrected chi connectivity index (χ2v) is 8.70. The maximum atomic E-state index is 12.0. The van der Waals surface area contributed by atoms with Gasteiger partial charge in [-0.15, -0.1) is 0 Å². The molecule has 3 aromatic rings. The first kappa shape index (κ1) is 19.1. The predicted octanol–water partition coefficient (Wildman–Crippen LogP) is 3.07. The average molecular weight is 402 g/mol. The van der Waals surface area contributed by atoms with Gasteiger partial charge in [0.25, 0.3) is 5.56 Å². The molecule has 2 saturated carbocycles. The van der Waals surface area contributed by atoms with Crippen LogP contribution in [0.5, 0.6) is 0 Å². The van der Waals surface area contributed by atoms with Gasteiger partial charge in [-0.3, -0.25) is 14.3 Å². The van der Waals surface area contributed by atoms with Gasteiger partial charge in [0.05, 0.1) is 18.0 Å². The maximum absolute atomic E-state index is 12.0. The van der Waals surface area contributed by atoms with E-state index in [1.165, 1.54) is 24.5 Å². The molecule has 3 heterocycles. The van der Waals surface area contributed by atoms with E-state index in [9.17, 15) is 9.90 Å². The second-order valence-electron chi connectivity index (χ2n) is 8.70. The zero-order valence-corrected chi connectivity index (χ0v) is 16.9. The summed E-state index contributed by atoms with van der Waals surface area (Å²) in [6.45, 7) is 0. The quantitative estimate of drug-likeness (QED) is 0.685. The molecule has 3 aromatic heterocycles. The van der Waals surface area contributed by atoms with Crippen LogP contribution >= 0.6 is 0 Å². The van der Waals surface area contributed by atoms with Crippen LogP contribution in [-0.2, 0) is 12.8 Å². The number of aromatic nitrogens is 4. The van der Waals surface area contributed by atoms with Crippen LogP contribution in [0.3, 0.4) is 0 Å². The Morgan fingerprint density at radius 3 is 2.50 bits per heavy atom. The minimum absolute atomic E-state index is 0.0683. The van der Waals surface area contributed by atoms with Gasteiger partial charge in [-0.25, -0.2) is 9.97 Å². The Kier molecular flexibility index (Phi) is 5.17. The first-order valence-corrected chi connectivity index (χ1v) is 10.8. The summed E-state index contributed by atoms with van der Waals surface area (Å²) >= 11 is 0. The van der Waals surface area contributed by atoms with Crippen LogP contribution < -0.4 is 5.56 Å². The molecule has 30 heavy (non-hydrogen) atoms. The van der Waals surface area contributed by atoms with Gasteiger partial charge in [0.1, 0.15) is 5.82 Å². The highest BCUT2D eigenvalue weighted by Crippen LogP contribution is 2.39. The Morgan fingerprint density at radius 2 is 1.80 bits per heavy atom. The van der Waals surface area contributed by atoms with Gasteiger partial charge >= 0.3 is 0 Å². The summed E-state index contributed by atoms with van der Waals surface area (Å²) in [6, 6.07) is 9.01. The van der Waals surface area contributed by atoms with E-state index in [4.69, 9.17) is 0 Å². The molecule has 0 aliphatic heterocycles. The summed E-state index contributed by atoms with van der Waals surface area (Å²) in [5, 5.41) is 10.6. The lowest BCUT2D eigenvalue weighted by Gasteiger charge is -2.13. The topological polar surface area (TPSA) is 80.9 Å². The Hall–Kier alpha value is -2.86. The number of hydrogen-bond acceptors (Lipinski definition) is 5. The zero-order valence-electron chi connectivity index (χ0n) is 16.9. The van der Waals surface area contributed by atoms with Crippen molar-refractivity contribution in [2.45, 2.75) is 50.5 Å². The number of rotatable bonds is 6. The van der Waals surface area contributed by atoms with Crippen molar-refractivity contribution in [3.05, 3.63) is 82.6 Å². The molecular weight excluding hydrogens is 376 g/mol. The lowest BCUT2D eigenvalue weighted by atomic mass is 9.97. The molecule has 0 radical (unpaired) electrons. The first-order chi connectivity index (χ1) is 14.7. The van der Waals surface area contributed by atoms with Crippen molar-refractivity contribution < 1.29 is 5.11 Å². The van der Waals surface area contributed by atoms with Crippen LogP contribution in [0, 0.1) is 11.8 Å². The van der Waals surface area contributed by atoms with Gasteiger partial charge in [-0.1, -0.05) is 6.07 Å². The van der Waals surface area contributed by atoms with Crippen molar-refractivity contribution in [2.24, 2.45) is 11.8 Å². The van der Waals surface area contributed by atoms with Crippen LogP contribution in [0.15, 0.2) is 59.9 Å². The molecule has 0 bridgehead atoms. The van der Waals surface area contributed by atoms with Gasteiger partial charge in [-0.05, 0) is 73.6 Å². The molecule has 1 unspecified atom stereocenters. The van der Waals surface area contributed by atoms with Crippen molar-refractivity contribution >= 4 is 0 Å². The third kappa shape index (κ3) is 4.19. The van der Waals surface area contributed by atoms with E-state index >= 15 is 0 Å². The average Bonchev–Trinajstić information content (AvgIpc) is 3.55. The SMILES string of the molecule is O=c1ccccn1-c1ccc(C[C@@H]2CC(O)[C@@H](Cc3ncc(C4CC4)cn3)C2)nc1. The Balaban J connectivity index is 1.20. The van der Waals surface area contributed by atoms with Crippen LogP contribution in [0.1, 0.15) is 48.7 Å². The second kappa shape index (κ2) is 8.11. The third-order valence-corrected chi connectivity index (χ3v) is 6.38. The minimum atomic E-state index is -0.316. The third-order valence-electron chi connectivity index (χ3n) is 6.38. The monoisotopic (exact) mass is 402 g/mol. The molecule has 0 spiro atoms. The summed E-state index contributed by atoms with van der Waals surface area (Å²) in [5.41, 5.74) is 2.93. The number of hydrogen-bond donors (Lipinski definition) is 1. The van der Waals surface area contributed by atoms with Crippen molar-refractivity contribution in [3.8, 4) is 5.69 Å². The lowest BCUT2D eigenvalue weighted by Crippen LogP contribution is -2.16. The standard InChI is InChI=1S/C24H26N4O2/c29-22-11-16(9-18(22)12-23-26-13-19(14-27-23)17-4-5-17)10-20-6-7-21(15-25-20)28-8-2-1-3-24(28)30/h1-3,6-8,13-18,22,29H,4-5,9-12H2/t16-,18-,22?/m1/s1. The van der Waals surface area contributed by atoms with E-state index in [-0.39, 0.29) is 17.6 Å². The van der Waals surface area contributed by atoms with Gasteiger partial charge in [-0.2, -0.15) is 0 Å². The molecule has 5 rings (SSSR count). The molecule has 0 amide bonds. The fourth-order valence-electron chi connectivity index (χ4n) is 4.55. The van der Waals surface area contributed by atoms with Crippen LogP contribution in [-0.4, -0.2) is 30.7 Å². The van der Waals surface area contributed by atoms with Crippen LogP contribution in [0.4, 0.5) is 0 Å². The minimum Gasteiger partial charge on any atom is -0.393 e. The Labute approximate surface area is 175 Å². The van der Waals surface area contributed by atoms with Crippen molar-refractivity contribution in [1.82, 2.24) is 19.5 Å². The molecule has 0 saturated heterocycles. The highest BCUT2D eigenvalue weighted by atomic mass is 16.3. The molecule has 1 N–H and O–H groups in total. The van der Waals surface area contributed by atoms with Crippen LogP contribution in [0.2, 0.25) is 0 Å². The van der Waals surface area contributed by atoms with Gasteiger partial charge < -0.3 is 5.11 Å². The summed E-state index contributed by atoms with van der Waals surface area (Å²) in [7, 11) is 0. The van der Waals surface area contributed by atoms with E-state index in [0.29, 0.717) is 11.8 Å². The first-order valence-electron chi connectivity index (χ1n) is 10.8. The Bertz CT molecular complexity index is 1060. The summed E-state index contributed by atoms with van der Waals surface area (Å²) in [6.07, 6.45) is 12.9. The summed E-state index contributed by atoms with van der Waals surface area (Å²) in [5.74, 6) is 2.09. The largest absolute Gasteiger partial charge is 0.393 e. The maximum Gasteiger partial charge on any atom is 0.255 e. The number of aliphatic hydroxyl groups is 1. The molecule has 2 fully saturated rings. The van der Waals surface area contributed by atoms with E-state index in [1.54, 1.807) is 23.0 Å². The zero-order chi connectivity index (χ0) is 20.5. The molecule has 0 aromatic carbocycles. The number of pyridine rings is 2. The van der Waals surface area contributed by atoms with E-state index in [1.807, 2.05) is 30.6 Å². The fourth-order valence-corrected chi connectivity index (χ4v) is 4.55. The van der Waals surface area contributed by atoms with Gasteiger partial charge in [0.15, 0.2) is 0 Å².